The number of carbonyl (C=O) groups excluding carboxylic acids is 1. The Kier molecular flexibility index (Phi) is 4.13. The highest BCUT2D eigenvalue weighted by molar-refractivity contribution is 7.09. The first kappa shape index (κ1) is 16.9. The molecule has 4 rings (SSSR count). The molecule has 0 saturated carbocycles. The summed E-state index contributed by atoms with van der Waals surface area (Å²) >= 11 is 1.40. The summed E-state index contributed by atoms with van der Waals surface area (Å²) in [5, 5.41) is 22.2. The Morgan fingerprint density at radius 2 is 2.00 bits per heavy atom. The van der Waals surface area contributed by atoms with Crippen molar-refractivity contribution in [1.82, 2.24) is 20.2 Å². The van der Waals surface area contributed by atoms with E-state index in [2.05, 4.69) is 25.5 Å². The molecule has 0 aliphatic rings. The van der Waals surface area contributed by atoms with Crippen LogP contribution in [0.25, 0.3) is 22.0 Å². The molecule has 3 heterocycles. The minimum absolute atomic E-state index is 0.0840. The second-order valence-corrected chi connectivity index (χ2v) is 6.89. The van der Waals surface area contributed by atoms with Gasteiger partial charge in [-0.05, 0) is 30.7 Å². The van der Waals surface area contributed by atoms with Gasteiger partial charge in [-0.2, -0.15) is 5.10 Å². The van der Waals surface area contributed by atoms with Gasteiger partial charge in [-0.15, -0.1) is 11.3 Å². The molecule has 3 aromatic heterocycles. The van der Waals surface area contributed by atoms with Gasteiger partial charge < -0.3 is 10.4 Å². The molecule has 0 radical (unpaired) electrons. The fraction of sp³-hybridized carbons (Fsp3) is 0.0556. The zero-order valence-corrected chi connectivity index (χ0v) is 14.9. The Balaban J connectivity index is 1.77. The van der Waals surface area contributed by atoms with Crippen LogP contribution in [0, 0.1) is 6.92 Å². The number of carbonyl (C=O) groups is 2. The van der Waals surface area contributed by atoms with Crippen LogP contribution in [0.4, 0.5) is 5.69 Å². The van der Waals surface area contributed by atoms with Gasteiger partial charge in [-0.25, -0.2) is 9.78 Å². The second-order valence-electron chi connectivity index (χ2n) is 5.83. The first-order chi connectivity index (χ1) is 13.0. The Morgan fingerprint density at radius 1 is 1.15 bits per heavy atom. The number of anilines is 1. The first-order valence-electron chi connectivity index (χ1n) is 7.90. The standard InChI is InChI=1S/C18H13N5O3S/c1-9-21-16(8-27-9)17(24)22-14-3-10(4-15-13(14)7-20-23-15)11-2-12(18(25)26)6-19-5-11/h2-8H,1H3,(H,20,23)(H,22,24)(H,25,26). The third-order valence-corrected chi connectivity index (χ3v) is 4.75. The Hall–Kier alpha value is -3.59. The molecule has 0 atom stereocenters. The zero-order chi connectivity index (χ0) is 19.0. The number of carboxylic acid groups (broad SMARTS) is 1. The van der Waals surface area contributed by atoms with Crippen LogP contribution >= 0.6 is 11.3 Å². The van der Waals surface area contributed by atoms with E-state index in [9.17, 15) is 14.7 Å². The highest BCUT2D eigenvalue weighted by Gasteiger charge is 2.14. The van der Waals surface area contributed by atoms with Crippen LogP contribution < -0.4 is 5.32 Å². The zero-order valence-electron chi connectivity index (χ0n) is 14.1. The van der Waals surface area contributed by atoms with Crippen molar-refractivity contribution >= 4 is 39.8 Å². The van der Waals surface area contributed by atoms with E-state index in [0.717, 1.165) is 10.4 Å². The summed E-state index contributed by atoms with van der Waals surface area (Å²) in [6, 6.07) is 5.12. The number of nitrogens with one attached hydrogen (secondary N) is 2. The Labute approximate surface area is 156 Å². The van der Waals surface area contributed by atoms with Crippen LogP contribution in [0.1, 0.15) is 25.9 Å². The number of amides is 1. The van der Waals surface area contributed by atoms with Crippen molar-refractivity contribution in [3.63, 3.8) is 0 Å². The largest absolute Gasteiger partial charge is 0.478 e. The summed E-state index contributed by atoms with van der Waals surface area (Å²) in [7, 11) is 0. The number of hydrogen-bond donors (Lipinski definition) is 3. The highest BCUT2D eigenvalue weighted by atomic mass is 32.1. The van der Waals surface area contributed by atoms with Crippen LogP contribution in [0.5, 0.6) is 0 Å². The van der Waals surface area contributed by atoms with Crippen LogP contribution in [-0.2, 0) is 0 Å². The number of aromatic nitrogens is 4. The van der Waals surface area contributed by atoms with E-state index in [-0.39, 0.29) is 11.5 Å². The quantitative estimate of drug-likeness (QED) is 0.500. The number of carboxylic acids is 1. The van der Waals surface area contributed by atoms with E-state index >= 15 is 0 Å². The molecule has 0 fully saturated rings. The predicted molar refractivity (Wildman–Crippen MR) is 101 cm³/mol. The van der Waals surface area contributed by atoms with E-state index in [0.29, 0.717) is 28.0 Å². The van der Waals surface area contributed by atoms with Crippen molar-refractivity contribution in [2.45, 2.75) is 6.92 Å². The van der Waals surface area contributed by atoms with Crippen molar-refractivity contribution in [2.75, 3.05) is 5.32 Å². The van der Waals surface area contributed by atoms with E-state index in [1.807, 2.05) is 13.0 Å². The SMILES string of the molecule is Cc1nc(C(=O)Nc2cc(-c3cncc(C(=O)O)c3)cc3[nH]ncc23)cs1. The lowest BCUT2D eigenvalue weighted by Crippen LogP contribution is -2.12. The highest BCUT2D eigenvalue weighted by Crippen LogP contribution is 2.30. The summed E-state index contributed by atoms with van der Waals surface area (Å²) in [6.45, 7) is 1.83. The summed E-state index contributed by atoms with van der Waals surface area (Å²) in [6.07, 6.45) is 4.47. The number of thiazole rings is 1. The first-order valence-corrected chi connectivity index (χ1v) is 8.78. The molecule has 0 spiro atoms. The molecule has 27 heavy (non-hydrogen) atoms. The fourth-order valence-electron chi connectivity index (χ4n) is 2.69. The maximum Gasteiger partial charge on any atom is 0.337 e. The van der Waals surface area contributed by atoms with Gasteiger partial charge in [-0.1, -0.05) is 0 Å². The summed E-state index contributed by atoms with van der Waals surface area (Å²) in [5.74, 6) is -1.38. The minimum Gasteiger partial charge on any atom is -0.478 e. The number of rotatable bonds is 4. The molecule has 0 aliphatic carbocycles. The number of aryl methyl sites for hydroxylation is 1. The van der Waals surface area contributed by atoms with Crippen molar-refractivity contribution in [3.8, 4) is 11.1 Å². The molecule has 3 N–H and O–H groups in total. The number of pyridine rings is 1. The van der Waals surface area contributed by atoms with Crippen molar-refractivity contribution in [2.24, 2.45) is 0 Å². The number of aromatic amines is 1. The normalized spacial score (nSPS) is 10.9. The molecule has 0 bridgehead atoms. The number of aromatic carboxylic acids is 1. The summed E-state index contributed by atoms with van der Waals surface area (Å²) in [5.41, 5.74) is 3.00. The number of nitrogens with zero attached hydrogens (tertiary/aromatic N) is 3. The topological polar surface area (TPSA) is 121 Å². The average molecular weight is 379 g/mol. The predicted octanol–water partition coefficient (Wildman–Crippen LogP) is 3.34. The monoisotopic (exact) mass is 379 g/mol. The van der Waals surface area contributed by atoms with Crippen molar-refractivity contribution in [1.29, 1.82) is 0 Å². The molecular formula is C18H13N5O3S. The van der Waals surface area contributed by atoms with Gasteiger partial charge in [0.2, 0.25) is 0 Å². The lowest BCUT2D eigenvalue weighted by atomic mass is 10.0. The van der Waals surface area contributed by atoms with Gasteiger partial charge in [0.25, 0.3) is 5.91 Å². The molecule has 1 amide bonds. The third kappa shape index (κ3) is 3.27. The smallest absolute Gasteiger partial charge is 0.337 e. The average Bonchev–Trinajstić information content (AvgIpc) is 3.30. The van der Waals surface area contributed by atoms with E-state index in [1.165, 1.54) is 23.6 Å². The minimum atomic E-state index is -1.06. The molecule has 8 nitrogen and oxygen atoms in total. The van der Waals surface area contributed by atoms with Gasteiger partial charge in [0, 0.05) is 28.7 Å². The van der Waals surface area contributed by atoms with Gasteiger partial charge in [-0.3, -0.25) is 14.9 Å². The second kappa shape index (κ2) is 6.61. The lowest BCUT2D eigenvalue weighted by molar-refractivity contribution is 0.0696. The molecular weight excluding hydrogens is 366 g/mol. The Bertz CT molecular complexity index is 1180. The number of hydrogen-bond acceptors (Lipinski definition) is 6. The van der Waals surface area contributed by atoms with Gasteiger partial charge in [0.15, 0.2) is 0 Å². The summed E-state index contributed by atoms with van der Waals surface area (Å²) in [4.78, 5) is 31.9. The van der Waals surface area contributed by atoms with E-state index < -0.39 is 5.97 Å². The number of H-pyrrole nitrogens is 1. The molecule has 0 aliphatic heterocycles. The Morgan fingerprint density at radius 3 is 2.74 bits per heavy atom. The van der Waals surface area contributed by atoms with Gasteiger partial charge in [0.05, 0.1) is 28.0 Å². The van der Waals surface area contributed by atoms with Crippen LogP contribution in [0.15, 0.2) is 42.2 Å². The van der Waals surface area contributed by atoms with Gasteiger partial charge in [0.1, 0.15) is 5.69 Å². The third-order valence-electron chi connectivity index (χ3n) is 3.98. The molecule has 4 aromatic rings. The van der Waals surface area contributed by atoms with Crippen LogP contribution in [0.2, 0.25) is 0 Å². The van der Waals surface area contributed by atoms with Crippen LogP contribution in [-0.4, -0.2) is 37.1 Å². The lowest BCUT2D eigenvalue weighted by Gasteiger charge is -2.09. The molecule has 1 aromatic carbocycles. The fourth-order valence-corrected chi connectivity index (χ4v) is 3.28. The van der Waals surface area contributed by atoms with Crippen molar-refractivity contribution < 1.29 is 14.7 Å². The number of benzene rings is 1. The van der Waals surface area contributed by atoms with Crippen LogP contribution in [0.3, 0.4) is 0 Å². The molecule has 0 saturated heterocycles. The molecule has 134 valence electrons. The molecule has 9 heteroatoms. The van der Waals surface area contributed by atoms with E-state index in [1.54, 1.807) is 23.8 Å². The molecule has 0 unspecified atom stereocenters. The summed E-state index contributed by atoms with van der Waals surface area (Å²) < 4.78 is 0. The maximum absolute atomic E-state index is 12.5. The van der Waals surface area contributed by atoms with Gasteiger partial charge >= 0.3 is 5.97 Å². The number of fused-ring (bicyclic) bond motifs is 1. The maximum atomic E-state index is 12.5. The van der Waals surface area contributed by atoms with E-state index in [4.69, 9.17) is 0 Å². The van der Waals surface area contributed by atoms with Crippen molar-refractivity contribution in [3.05, 3.63) is 58.4 Å².